The lowest BCUT2D eigenvalue weighted by atomic mass is 9.81. The zero-order valence-corrected chi connectivity index (χ0v) is 9.09. The number of nitrogens with zero attached hydrogens (tertiary/aromatic N) is 1. The predicted molar refractivity (Wildman–Crippen MR) is 58.4 cm³/mol. The van der Waals surface area contributed by atoms with Crippen molar-refractivity contribution in [3.8, 4) is 0 Å². The SMILES string of the molecule is O=C1CC[C@@H]([N+](=O)[O-])[C@@H]([C@@H]2CC=CCC2)N1. The number of hydrogen-bond donors (Lipinski definition) is 1. The van der Waals surface area contributed by atoms with Crippen LogP contribution in [0.2, 0.25) is 0 Å². The molecule has 0 spiro atoms. The Morgan fingerprint density at radius 3 is 2.81 bits per heavy atom. The van der Waals surface area contributed by atoms with Crippen molar-refractivity contribution in [1.82, 2.24) is 5.32 Å². The Hall–Kier alpha value is -1.39. The van der Waals surface area contributed by atoms with Gasteiger partial charge in [-0.25, -0.2) is 0 Å². The van der Waals surface area contributed by atoms with Gasteiger partial charge in [-0.3, -0.25) is 14.9 Å². The molecular weight excluding hydrogens is 208 g/mol. The Bertz CT molecular complexity index is 327. The van der Waals surface area contributed by atoms with Crippen molar-refractivity contribution in [2.45, 2.75) is 44.2 Å². The molecule has 1 amide bonds. The van der Waals surface area contributed by atoms with Gasteiger partial charge < -0.3 is 5.32 Å². The van der Waals surface area contributed by atoms with Crippen LogP contribution in [0.25, 0.3) is 0 Å². The van der Waals surface area contributed by atoms with Crippen molar-refractivity contribution in [2.75, 3.05) is 0 Å². The van der Waals surface area contributed by atoms with Crippen LogP contribution in [0.15, 0.2) is 12.2 Å². The molecule has 1 N–H and O–H groups in total. The van der Waals surface area contributed by atoms with E-state index >= 15 is 0 Å². The topological polar surface area (TPSA) is 72.2 Å². The van der Waals surface area contributed by atoms with Crippen LogP contribution < -0.4 is 5.32 Å². The van der Waals surface area contributed by atoms with Crippen molar-refractivity contribution in [2.24, 2.45) is 5.92 Å². The summed E-state index contributed by atoms with van der Waals surface area (Å²) in [6.07, 6.45) is 7.56. The van der Waals surface area contributed by atoms with Crippen LogP contribution in [0.1, 0.15) is 32.1 Å². The smallest absolute Gasteiger partial charge is 0.233 e. The molecule has 3 atom stereocenters. The molecule has 1 saturated heterocycles. The average molecular weight is 224 g/mol. The first-order valence-electron chi connectivity index (χ1n) is 5.76. The number of hydrogen-bond acceptors (Lipinski definition) is 3. The monoisotopic (exact) mass is 224 g/mol. The van der Waals surface area contributed by atoms with E-state index in [1.165, 1.54) is 0 Å². The number of nitrogens with one attached hydrogen (secondary N) is 1. The van der Waals surface area contributed by atoms with Gasteiger partial charge in [-0.15, -0.1) is 0 Å². The van der Waals surface area contributed by atoms with Gasteiger partial charge in [0.1, 0.15) is 0 Å². The van der Waals surface area contributed by atoms with Crippen LogP contribution in [0.3, 0.4) is 0 Å². The largest absolute Gasteiger partial charge is 0.346 e. The number of carbonyl (C=O) groups is 1. The van der Waals surface area contributed by atoms with Crippen molar-refractivity contribution in [1.29, 1.82) is 0 Å². The average Bonchev–Trinajstić information content (AvgIpc) is 2.29. The number of allylic oxidation sites excluding steroid dienone is 2. The normalized spacial score (nSPS) is 34.5. The lowest BCUT2D eigenvalue weighted by molar-refractivity contribution is -0.530. The fourth-order valence-electron chi connectivity index (χ4n) is 2.62. The third kappa shape index (κ3) is 2.23. The lowest BCUT2D eigenvalue weighted by Crippen LogP contribution is -2.55. The van der Waals surface area contributed by atoms with Crippen LogP contribution in [0, 0.1) is 16.0 Å². The Labute approximate surface area is 94.1 Å². The van der Waals surface area contributed by atoms with E-state index in [0.717, 1.165) is 19.3 Å². The second kappa shape index (κ2) is 4.63. The van der Waals surface area contributed by atoms with Crippen molar-refractivity contribution >= 4 is 5.91 Å². The van der Waals surface area contributed by atoms with E-state index in [0.29, 0.717) is 6.42 Å². The molecule has 5 nitrogen and oxygen atoms in total. The highest BCUT2D eigenvalue weighted by Crippen LogP contribution is 2.28. The molecule has 0 aromatic rings. The van der Waals surface area contributed by atoms with Gasteiger partial charge in [0.25, 0.3) is 0 Å². The zero-order valence-electron chi connectivity index (χ0n) is 9.09. The molecule has 1 aliphatic carbocycles. The van der Waals surface area contributed by atoms with Gasteiger partial charge >= 0.3 is 0 Å². The first-order valence-corrected chi connectivity index (χ1v) is 5.76. The molecule has 0 saturated carbocycles. The number of rotatable bonds is 2. The molecule has 5 heteroatoms. The molecule has 1 fully saturated rings. The van der Waals surface area contributed by atoms with E-state index in [1.54, 1.807) is 0 Å². The standard InChI is InChI=1S/C11H16N2O3/c14-10-7-6-9(13(15)16)11(12-10)8-4-2-1-3-5-8/h1-2,8-9,11H,3-7H2,(H,12,14)/t8-,9-,11-/m1/s1. The molecule has 0 bridgehead atoms. The van der Waals surface area contributed by atoms with Crippen LogP contribution in [-0.4, -0.2) is 22.9 Å². The highest BCUT2D eigenvalue weighted by atomic mass is 16.6. The highest BCUT2D eigenvalue weighted by molar-refractivity contribution is 5.77. The summed E-state index contributed by atoms with van der Waals surface area (Å²) in [7, 11) is 0. The first-order chi connectivity index (χ1) is 7.68. The van der Waals surface area contributed by atoms with E-state index in [-0.39, 0.29) is 29.2 Å². The summed E-state index contributed by atoms with van der Waals surface area (Å²) in [6, 6.07) is -0.879. The van der Waals surface area contributed by atoms with Crippen LogP contribution in [-0.2, 0) is 4.79 Å². The number of piperidine rings is 1. The Kier molecular flexibility index (Phi) is 3.22. The summed E-state index contributed by atoms with van der Waals surface area (Å²) >= 11 is 0. The molecular formula is C11H16N2O3. The number of nitro groups is 1. The quantitative estimate of drug-likeness (QED) is 0.436. The molecule has 16 heavy (non-hydrogen) atoms. The third-order valence-electron chi connectivity index (χ3n) is 3.50. The Balaban J connectivity index is 2.10. The van der Waals surface area contributed by atoms with Gasteiger partial charge in [-0.2, -0.15) is 0 Å². The molecule has 1 heterocycles. The molecule has 0 aromatic carbocycles. The number of amides is 1. The summed E-state index contributed by atoms with van der Waals surface area (Å²) < 4.78 is 0. The molecule has 1 aliphatic heterocycles. The second-order valence-electron chi connectivity index (χ2n) is 4.53. The second-order valence-corrected chi connectivity index (χ2v) is 4.53. The highest BCUT2D eigenvalue weighted by Gasteiger charge is 2.41. The van der Waals surface area contributed by atoms with E-state index in [1.807, 2.05) is 0 Å². The number of carbonyl (C=O) groups excluding carboxylic acids is 1. The zero-order chi connectivity index (χ0) is 11.5. The minimum Gasteiger partial charge on any atom is -0.346 e. The Morgan fingerprint density at radius 1 is 1.38 bits per heavy atom. The summed E-state index contributed by atoms with van der Waals surface area (Å²) in [5.74, 6) is 0.183. The molecule has 0 radical (unpaired) electrons. The van der Waals surface area contributed by atoms with Gasteiger partial charge in [0.15, 0.2) is 0 Å². The van der Waals surface area contributed by atoms with Crippen LogP contribution in [0.4, 0.5) is 0 Å². The van der Waals surface area contributed by atoms with Crippen LogP contribution >= 0.6 is 0 Å². The van der Waals surface area contributed by atoms with E-state index < -0.39 is 6.04 Å². The van der Waals surface area contributed by atoms with E-state index in [2.05, 4.69) is 17.5 Å². The van der Waals surface area contributed by atoms with Gasteiger partial charge in [0, 0.05) is 17.8 Å². The third-order valence-corrected chi connectivity index (χ3v) is 3.50. The molecule has 0 aromatic heterocycles. The fourth-order valence-corrected chi connectivity index (χ4v) is 2.62. The summed E-state index contributed by atoms with van der Waals surface area (Å²) in [6.45, 7) is 0. The maximum absolute atomic E-state index is 11.3. The van der Waals surface area contributed by atoms with Gasteiger partial charge in [-0.05, 0) is 25.2 Å². The van der Waals surface area contributed by atoms with Crippen molar-refractivity contribution in [3.63, 3.8) is 0 Å². The Morgan fingerprint density at radius 2 is 2.19 bits per heavy atom. The van der Waals surface area contributed by atoms with E-state index in [9.17, 15) is 14.9 Å². The minimum atomic E-state index is -0.603. The molecule has 2 rings (SSSR count). The maximum atomic E-state index is 11.3. The maximum Gasteiger partial charge on any atom is 0.233 e. The minimum absolute atomic E-state index is 0.0438. The summed E-state index contributed by atoms with van der Waals surface area (Å²) in [5.41, 5.74) is 0. The summed E-state index contributed by atoms with van der Waals surface area (Å²) in [4.78, 5) is 22.0. The fraction of sp³-hybridized carbons (Fsp3) is 0.727. The van der Waals surface area contributed by atoms with Crippen molar-refractivity contribution < 1.29 is 9.72 Å². The van der Waals surface area contributed by atoms with Gasteiger partial charge in [0.2, 0.25) is 11.9 Å². The van der Waals surface area contributed by atoms with E-state index in [4.69, 9.17) is 0 Å². The molecule has 88 valence electrons. The lowest BCUT2D eigenvalue weighted by Gasteiger charge is -2.33. The molecule has 0 unspecified atom stereocenters. The predicted octanol–water partition coefficient (Wildman–Crippen LogP) is 1.27. The van der Waals surface area contributed by atoms with Gasteiger partial charge in [-0.1, -0.05) is 12.2 Å². The molecule has 2 aliphatic rings. The first kappa shape index (κ1) is 11.1. The van der Waals surface area contributed by atoms with Crippen LogP contribution in [0.5, 0.6) is 0 Å². The van der Waals surface area contributed by atoms with Crippen molar-refractivity contribution in [3.05, 3.63) is 22.3 Å². The van der Waals surface area contributed by atoms with Gasteiger partial charge in [0.05, 0.1) is 6.04 Å². The summed E-state index contributed by atoms with van der Waals surface area (Å²) in [5, 5.41) is 13.8.